The highest BCUT2D eigenvalue weighted by Crippen LogP contribution is 2.40. The van der Waals surface area contributed by atoms with E-state index in [4.69, 9.17) is 14.5 Å². The van der Waals surface area contributed by atoms with Crippen molar-refractivity contribution < 1.29 is 19.7 Å². The Bertz CT molecular complexity index is 843. The van der Waals surface area contributed by atoms with Crippen LogP contribution in [0.25, 0.3) is 10.9 Å². The van der Waals surface area contributed by atoms with Crippen molar-refractivity contribution >= 4 is 16.7 Å². The van der Waals surface area contributed by atoms with Crippen LogP contribution in [0.15, 0.2) is 24.3 Å². The van der Waals surface area contributed by atoms with Crippen molar-refractivity contribution in [2.75, 3.05) is 31.7 Å². The molecule has 2 aliphatic heterocycles. The van der Waals surface area contributed by atoms with Crippen LogP contribution in [-0.2, 0) is 4.74 Å². The van der Waals surface area contributed by atoms with E-state index in [0.717, 1.165) is 35.6 Å². The van der Waals surface area contributed by atoms with Crippen molar-refractivity contribution in [3.8, 4) is 5.75 Å². The van der Waals surface area contributed by atoms with Gasteiger partial charge in [-0.2, -0.15) is 0 Å². The fraction of sp³-hybridized carbons (Fsp3) is 0.571. The molecule has 0 bridgehead atoms. The highest BCUT2D eigenvalue weighted by atomic mass is 16.5. The number of rotatable bonds is 2. The molecule has 146 valence electrons. The highest BCUT2D eigenvalue weighted by molar-refractivity contribution is 5.85. The van der Waals surface area contributed by atoms with Crippen LogP contribution in [0.2, 0.25) is 0 Å². The summed E-state index contributed by atoms with van der Waals surface area (Å²) in [5, 5.41) is 22.3. The summed E-state index contributed by atoms with van der Waals surface area (Å²) < 4.78 is 11.3. The number of anilines is 1. The molecule has 6 heteroatoms. The lowest BCUT2D eigenvalue weighted by Gasteiger charge is -2.51. The number of nitrogens with zero attached hydrogens (tertiary/aromatic N) is 2. The number of fused-ring (bicyclic) bond motifs is 1. The molecule has 0 unspecified atom stereocenters. The molecule has 2 fully saturated rings. The number of benzene rings is 1. The third-order valence-corrected chi connectivity index (χ3v) is 6.23. The molecule has 0 saturated carbocycles. The summed E-state index contributed by atoms with van der Waals surface area (Å²) in [4.78, 5) is 7.08. The Hall–Kier alpha value is -1.89. The molecule has 1 aromatic heterocycles. The van der Waals surface area contributed by atoms with E-state index >= 15 is 0 Å². The number of aryl methyl sites for hydroxylation is 1. The zero-order chi connectivity index (χ0) is 19.2. The molecule has 0 amide bonds. The summed E-state index contributed by atoms with van der Waals surface area (Å²) in [5.74, 6) is 1.73. The van der Waals surface area contributed by atoms with Gasteiger partial charge in [0, 0.05) is 31.0 Å². The maximum Gasteiger partial charge on any atom is 0.129 e. The van der Waals surface area contributed by atoms with Crippen LogP contribution in [0.5, 0.6) is 5.75 Å². The summed E-state index contributed by atoms with van der Waals surface area (Å²) >= 11 is 0. The van der Waals surface area contributed by atoms with Crippen molar-refractivity contribution in [3.63, 3.8) is 0 Å². The normalized spacial score (nSPS) is 27.9. The number of pyridine rings is 1. The minimum atomic E-state index is -1.09. The predicted molar refractivity (Wildman–Crippen MR) is 104 cm³/mol. The Kier molecular flexibility index (Phi) is 4.53. The Balaban J connectivity index is 1.58. The van der Waals surface area contributed by atoms with E-state index in [-0.39, 0.29) is 0 Å². The third kappa shape index (κ3) is 3.16. The fourth-order valence-corrected chi connectivity index (χ4v) is 4.43. The summed E-state index contributed by atoms with van der Waals surface area (Å²) in [6.07, 6.45) is 0.936. The maximum atomic E-state index is 10.7. The van der Waals surface area contributed by atoms with Gasteiger partial charge in [0.2, 0.25) is 0 Å². The predicted octanol–water partition coefficient (Wildman–Crippen LogP) is 2.42. The summed E-state index contributed by atoms with van der Waals surface area (Å²) in [6.45, 7) is 5.74. The summed E-state index contributed by atoms with van der Waals surface area (Å²) in [5.41, 5.74) is 0.346. The fourth-order valence-electron chi connectivity index (χ4n) is 4.43. The molecule has 4 rings (SSSR count). The first kappa shape index (κ1) is 18.5. The Morgan fingerprint density at radius 1 is 1.22 bits per heavy atom. The number of hydrogen-bond donors (Lipinski definition) is 2. The second kappa shape index (κ2) is 6.62. The molecule has 2 aliphatic rings. The lowest BCUT2D eigenvalue weighted by Crippen LogP contribution is -2.64. The molecule has 2 saturated heterocycles. The van der Waals surface area contributed by atoms with Crippen LogP contribution in [0, 0.1) is 6.92 Å². The maximum absolute atomic E-state index is 10.7. The number of aromatic nitrogens is 1. The van der Waals surface area contributed by atoms with Crippen molar-refractivity contribution in [3.05, 3.63) is 29.8 Å². The zero-order valence-corrected chi connectivity index (χ0v) is 16.2. The molecule has 6 nitrogen and oxygen atoms in total. The van der Waals surface area contributed by atoms with Gasteiger partial charge in [-0.15, -0.1) is 0 Å². The molecule has 0 aliphatic carbocycles. The molecular formula is C21H28N2O4. The highest BCUT2D eigenvalue weighted by Gasteiger charge is 2.52. The van der Waals surface area contributed by atoms with E-state index in [1.54, 1.807) is 14.0 Å². The lowest BCUT2D eigenvalue weighted by atomic mass is 9.75. The second-order valence-corrected chi connectivity index (χ2v) is 8.09. The average molecular weight is 372 g/mol. The van der Waals surface area contributed by atoms with Crippen LogP contribution in [0.3, 0.4) is 0 Å². The molecule has 3 heterocycles. The number of ether oxygens (including phenoxy) is 2. The molecule has 0 radical (unpaired) electrons. The van der Waals surface area contributed by atoms with Gasteiger partial charge >= 0.3 is 0 Å². The first-order chi connectivity index (χ1) is 12.8. The van der Waals surface area contributed by atoms with E-state index in [0.29, 0.717) is 25.9 Å². The molecule has 1 spiro atoms. The van der Waals surface area contributed by atoms with E-state index in [1.807, 2.05) is 18.2 Å². The van der Waals surface area contributed by atoms with Crippen molar-refractivity contribution in [2.24, 2.45) is 0 Å². The van der Waals surface area contributed by atoms with Gasteiger partial charge < -0.3 is 24.6 Å². The van der Waals surface area contributed by atoms with E-state index in [1.165, 1.54) is 5.56 Å². The Morgan fingerprint density at radius 3 is 2.67 bits per heavy atom. The van der Waals surface area contributed by atoms with Gasteiger partial charge in [-0.1, -0.05) is 0 Å². The van der Waals surface area contributed by atoms with Gasteiger partial charge in [0.25, 0.3) is 0 Å². The molecule has 1 aromatic carbocycles. The Morgan fingerprint density at radius 2 is 1.96 bits per heavy atom. The Labute approximate surface area is 159 Å². The van der Waals surface area contributed by atoms with Crippen LogP contribution >= 0.6 is 0 Å². The number of methoxy groups -OCH3 is 1. The van der Waals surface area contributed by atoms with Crippen molar-refractivity contribution in [1.29, 1.82) is 0 Å². The summed E-state index contributed by atoms with van der Waals surface area (Å²) in [6, 6.07) is 8.07. The molecule has 2 N–H and O–H groups in total. The van der Waals surface area contributed by atoms with Gasteiger partial charge in [0.05, 0.1) is 24.8 Å². The quantitative estimate of drug-likeness (QED) is 0.843. The molecule has 2 atom stereocenters. The SMILES string of the molecule is COc1ccc2c(C)cc(N3CCC4(CC3)OCC[C@@](C)(O)[C@@H]4O)nc2c1. The van der Waals surface area contributed by atoms with E-state index in [9.17, 15) is 10.2 Å². The van der Waals surface area contributed by atoms with Crippen LogP contribution in [0.1, 0.15) is 31.7 Å². The van der Waals surface area contributed by atoms with Gasteiger partial charge in [0.15, 0.2) is 0 Å². The van der Waals surface area contributed by atoms with Crippen LogP contribution < -0.4 is 9.64 Å². The minimum Gasteiger partial charge on any atom is -0.497 e. The van der Waals surface area contributed by atoms with Crippen LogP contribution in [-0.4, -0.2) is 59.3 Å². The molecular weight excluding hydrogens is 344 g/mol. The topological polar surface area (TPSA) is 75.1 Å². The van der Waals surface area contributed by atoms with Gasteiger partial charge in [0.1, 0.15) is 23.3 Å². The van der Waals surface area contributed by atoms with Crippen molar-refractivity contribution in [2.45, 2.75) is 50.4 Å². The lowest BCUT2D eigenvalue weighted by molar-refractivity contribution is -0.239. The minimum absolute atomic E-state index is 0.465. The van der Waals surface area contributed by atoms with E-state index < -0.39 is 17.3 Å². The monoisotopic (exact) mass is 372 g/mol. The average Bonchev–Trinajstić information content (AvgIpc) is 2.66. The number of piperidine rings is 1. The van der Waals surface area contributed by atoms with Crippen molar-refractivity contribution in [1.82, 2.24) is 4.98 Å². The molecule has 2 aromatic rings. The summed E-state index contributed by atoms with van der Waals surface area (Å²) in [7, 11) is 1.66. The third-order valence-electron chi connectivity index (χ3n) is 6.23. The first-order valence-corrected chi connectivity index (χ1v) is 9.59. The van der Waals surface area contributed by atoms with Gasteiger partial charge in [-0.25, -0.2) is 4.98 Å². The van der Waals surface area contributed by atoms with Gasteiger partial charge in [-0.3, -0.25) is 0 Å². The standard InChI is InChI=1S/C21H28N2O4/c1-14-12-18(22-17-13-15(26-3)4-5-16(14)17)23-9-6-21(7-10-23)19(24)20(2,25)8-11-27-21/h4-5,12-13,19,24-25H,6-11H2,1-3H3/t19-,20+/m0/s1. The van der Waals surface area contributed by atoms with E-state index in [2.05, 4.69) is 17.9 Å². The smallest absolute Gasteiger partial charge is 0.129 e. The number of hydrogen-bond acceptors (Lipinski definition) is 6. The number of aliphatic hydroxyl groups excluding tert-OH is 1. The first-order valence-electron chi connectivity index (χ1n) is 9.59. The molecule has 27 heavy (non-hydrogen) atoms. The largest absolute Gasteiger partial charge is 0.497 e. The van der Waals surface area contributed by atoms with Gasteiger partial charge in [-0.05, 0) is 50.5 Å². The number of aliphatic hydroxyl groups is 2. The zero-order valence-electron chi connectivity index (χ0n) is 16.2. The second-order valence-electron chi connectivity index (χ2n) is 8.09. The van der Waals surface area contributed by atoms with Crippen LogP contribution in [0.4, 0.5) is 5.82 Å².